The number of halogens is 1. The van der Waals surface area contributed by atoms with Crippen LogP contribution in [0.3, 0.4) is 0 Å². The van der Waals surface area contributed by atoms with Crippen LogP contribution in [0.4, 0.5) is 0 Å². The highest BCUT2D eigenvalue weighted by molar-refractivity contribution is 6.31. The van der Waals surface area contributed by atoms with Crippen molar-refractivity contribution in [3.63, 3.8) is 0 Å². The Kier molecular flexibility index (Phi) is 4.93. The molecule has 102 valence electrons. The molecule has 1 N–H and O–H groups in total. The lowest BCUT2D eigenvalue weighted by Gasteiger charge is -2.04. The minimum absolute atomic E-state index is 0.463. The van der Waals surface area contributed by atoms with E-state index in [0.29, 0.717) is 24.2 Å². The SMILES string of the molecule is CC(C)NCCc1nc(Cc2ccccc2Cl)no1. The highest BCUT2D eigenvalue weighted by Crippen LogP contribution is 2.17. The lowest BCUT2D eigenvalue weighted by molar-refractivity contribution is 0.369. The molecule has 0 radical (unpaired) electrons. The molecular weight excluding hydrogens is 262 g/mol. The van der Waals surface area contributed by atoms with Crippen LogP contribution in [0.2, 0.25) is 5.02 Å². The van der Waals surface area contributed by atoms with Crippen LogP contribution in [0, 0.1) is 0 Å². The van der Waals surface area contributed by atoms with E-state index in [9.17, 15) is 0 Å². The Morgan fingerprint density at radius 1 is 1.32 bits per heavy atom. The second kappa shape index (κ2) is 6.68. The van der Waals surface area contributed by atoms with E-state index in [0.717, 1.165) is 23.6 Å². The van der Waals surface area contributed by atoms with Gasteiger partial charge in [0, 0.05) is 30.5 Å². The number of hydrogen-bond donors (Lipinski definition) is 1. The van der Waals surface area contributed by atoms with E-state index < -0.39 is 0 Å². The molecule has 0 aliphatic rings. The third-order valence-electron chi connectivity index (χ3n) is 2.71. The summed E-state index contributed by atoms with van der Waals surface area (Å²) in [6, 6.07) is 8.16. The van der Waals surface area contributed by atoms with Crippen molar-refractivity contribution in [2.24, 2.45) is 0 Å². The third-order valence-corrected chi connectivity index (χ3v) is 3.08. The molecule has 2 aromatic rings. The van der Waals surface area contributed by atoms with E-state index in [-0.39, 0.29) is 0 Å². The Bertz CT molecular complexity index is 525. The molecule has 0 atom stereocenters. The zero-order valence-corrected chi connectivity index (χ0v) is 11.9. The van der Waals surface area contributed by atoms with Gasteiger partial charge >= 0.3 is 0 Å². The molecule has 0 spiro atoms. The van der Waals surface area contributed by atoms with Crippen molar-refractivity contribution in [2.45, 2.75) is 32.7 Å². The van der Waals surface area contributed by atoms with E-state index in [1.165, 1.54) is 0 Å². The molecule has 1 aromatic carbocycles. The van der Waals surface area contributed by atoms with Gasteiger partial charge in [0.15, 0.2) is 5.82 Å². The zero-order chi connectivity index (χ0) is 13.7. The monoisotopic (exact) mass is 279 g/mol. The van der Waals surface area contributed by atoms with Crippen LogP contribution in [0.5, 0.6) is 0 Å². The molecule has 1 aromatic heterocycles. The third kappa shape index (κ3) is 4.33. The van der Waals surface area contributed by atoms with Crippen LogP contribution in [-0.4, -0.2) is 22.7 Å². The van der Waals surface area contributed by atoms with Crippen LogP contribution < -0.4 is 5.32 Å². The summed E-state index contributed by atoms with van der Waals surface area (Å²) >= 11 is 6.10. The van der Waals surface area contributed by atoms with Crippen LogP contribution in [0.25, 0.3) is 0 Å². The van der Waals surface area contributed by atoms with Crippen molar-refractivity contribution in [3.05, 3.63) is 46.6 Å². The minimum Gasteiger partial charge on any atom is -0.339 e. The summed E-state index contributed by atoms with van der Waals surface area (Å²) in [6.45, 7) is 5.05. The summed E-state index contributed by atoms with van der Waals surface area (Å²) in [4.78, 5) is 4.37. The van der Waals surface area contributed by atoms with E-state index in [1.54, 1.807) is 0 Å². The van der Waals surface area contributed by atoms with Gasteiger partial charge in [0.05, 0.1) is 0 Å². The number of rotatable bonds is 6. The maximum atomic E-state index is 6.10. The lowest BCUT2D eigenvalue weighted by Crippen LogP contribution is -2.25. The van der Waals surface area contributed by atoms with Crippen molar-refractivity contribution < 1.29 is 4.52 Å². The molecule has 0 aliphatic heterocycles. The van der Waals surface area contributed by atoms with Gasteiger partial charge in [-0.2, -0.15) is 4.98 Å². The largest absolute Gasteiger partial charge is 0.339 e. The highest BCUT2D eigenvalue weighted by atomic mass is 35.5. The topological polar surface area (TPSA) is 51.0 Å². The Morgan fingerprint density at radius 2 is 2.11 bits per heavy atom. The number of hydrogen-bond acceptors (Lipinski definition) is 4. The van der Waals surface area contributed by atoms with Gasteiger partial charge < -0.3 is 9.84 Å². The second-order valence-corrected chi connectivity index (χ2v) is 5.14. The van der Waals surface area contributed by atoms with Gasteiger partial charge in [-0.1, -0.05) is 48.8 Å². The summed E-state index contributed by atoms with van der Waals surface area (Å²) in [7, 11) is 0. The van der Waals surface area contributed by atoms with Gasteiger partial charge in [-0.3, -0.25) is 0 Å². The summed E-state index contributed by atoms with van der Waals surface area (Å²) in [5.74, 6) is 1.34. The van der Waals surface area contributed by atoms with Crippen molar-refractivity contribution in [1.82, 2.24) is 15.5 Å². The first kappa shape index (κ1) is 14.0. The van der Waals surface area contributed by atoms with Gasteiger partial charge in [-0.15, -0.1) is 0 Å². The van der Waals surface area contributed by atoms with Gasteiger partial charge in [0.25, 0.3) is 0 Å². The summed E-state index contributed by atoms with van der Waals surface area (Å²) in [6.07, 6.45) is 1.34. The standard InChI is InChI=1S/C14H18ClN3O/c1-10(2)16-8-7-14-17-13(18-19-14)9-11-5-3-4-6-12(11)15/h3-6,10,16H,7-9H2,1-2H3. The fourth-order valence-electron chi connectivity index (χ4n) is 1.74. The Morgan fingerprint density at radius 3 is 2.84 bits per heavy atom. The molecule has 0 fully saturated rings. The molecule has 0 aliphatic carbocycles. The molecule has 0 amide bonds. The van der Waals surface area contributed by atoms with Crippen LogP contribution in [0.1, 0.15) is 31.1 Å². The molecule has 0 saturated carbocycles. The maximum absolute atomic E-state index is 6.10. The maximum Gasteiger partial charge on any atom is 0.227 e. The van der Waals surface area contributed by atoms with Gasteiger partial charge in [-0.25, -0.2) is 0 Å². The Hall–Kier alpha value is -1.39. The molecule has 0 saturated heterocycles. The first-order valence-corrected chi connectivity index (χ1v) is 6.81. The first-order valence-electron chi connectivity index (χ1n) is 6.43. The van der Waals surface area contributed by atoms with Gasteiger partial charge in [-0.05, 0) is 11.6 Å². The van der Waals surface area contributed by atoms with Crippen molar-refractivity contribution in [1.29, 1.82) is 0 Å². The normalized spacial score (nSPS) is 11.2. The zero-order valence-electron chi connectivity index (χ0n) is 11.2. The van der Waals surface area contributed by atoms with Crippen LogP contribution in [-0.2, 0) is 12.8 Å². The quantitative estimate of drug-likeness (QED) is 0.883. The van der Waals surface area contributed by atoms with Gasteiger partial charge in [0.2, 0.25) is 5.89 Å². The smallest absolute Gasteiger partial charge is 0.227 e. The van der Waals surface area contributed by atoms with Gasteiger partial charge in [0.1, 0.15) is 0 Å². The van der Waals surface area contributed by atoms with E-state index in [1.807, 2.05) is 24.3 Å². The molecule has 0 unspecified atom stereocenters. The predicted molar refractivity (Wildman–Crippen MR) is 75.4 cm³/mol. The molecule has 1 heterocycles. The summed E-state index contributed by atoms with van der Waals surface area (Å²) < 4.78 is 5.21. The number of nitrogens with one attached hydrogen (secondary N) is 1. The minimum atomic E-state index is 0.463. The Balaban J connectivity index is 1.92. The van der Waals surface area contributed by atoms with E-state index >= 15 is 0 Å². The van der Waals surface area contributed by atoms with E-state index in [2.05, 4.69) is 29.3 Å². The molecular formula is C14H18ClN3O. The first-order chi connectivity index (χ1) is 9.15. The molecule has 4 nitrogen and oxygen atoms in total. The highest BCUT2D eigenvalue weighted by Gasteiger charge is 2.08. The molecule has 5 heteroatoms. The van der Waals surface area contributed by atoms with Crippen molar-refractivity contribution in [3.8, 4) is 0 Å². The second-order valence-electron chi connectivity index (χ2n) is 4.73. The number of nitrogens with zero attached hydrogens (tertiary/aromatic N) is 2. The predicted octanol–water partition coefficient (Wildman–Crippen LogP) is 2.85. The average Bonchev–Trinajstić information content (AvgIpc) is 2.79. The Labute approximate surface area is 118 Å². The summed E-state index contributed by atoms with van der Waals surface area (Å²) in [5.41, 5.74) is 1.01. The average molecular weight is 280 g/mol. The molecule has 19 heavy (non-hydrogen) atoms. The van der Waals surface area contributed by atoms with Crippen LogP contribution >= 0.6 is 11.6 Å². The lowest BCUT2D eigenvalue weighted by atomic mass is 10.1. The fourth-order valence-corrected chi connectivity index (χ4v) is 1.95. The number of benzene rings is 1. The van der Waals surface area contributed by atoms with E-state index in [4.69, 9.17) is 16.1 Å². The molecule has 0 bridgehead atoms. The fraction of sp³-hybridized carbons (Fsp3) is 0.429. The van der Waals surface area contributed by atoms with Crippen molar-refractivity contribution >= 4 is 11.6 Å². The number of aromatic nitrogens is 2. The molecule has 2 rings (SSSR count). The van der Waals surface area contributed by atoms with Crippen LogP contribution in [0.15, 0.2) is 28.8 Å². The van der Waals surface area contributed by atoms with Crippen molar-refractivity contribution in [2.75, 3.05) is 6.54 Å². The summed E-state index contributed by atoms with van der Waals surface area (Å²) in [5, 5.41) is 8.02.